The lowest BCUT2D eigenvalue weighted by Gasteiger charge is -2.18. The molecule has 72 valence electrons. The molecule has 2 unspecified atom stereocenters. The number of rotatable bonds is 2. The molecule has 2 atom stereocenters. The highest BCUT2D eigenvalue weighted by atomic mass is 16.2. The zero-order chi connectivity index (χ0) is 9.84. The standard InChI is InChI=1S/C10H16N2O/c1-3-9(6-11)10(13)12-5-4-8(2)7-12/h8-9H,3-5,7H2,1-2H3. The van der Waals surface area contributed by atoms with E-state index >= 15 is 0 Å². The second kappa shape index (κ2) is 4.27. The summed E-state index contributed by atoms with van der Waals surface area (Å²) in [5, 5.41) is 8.73. The van der Waals surface area contributed by atoms with E-state index in [-0.39, 0.29) is 5.91 Å². The second-order valence-corrected chi connectivity index (χ2v) is 3.77. The first-order valence-electron chi connectivity index (χ1n) is 4.87. The topological polar surface area (TPSA) is 44.1 Å². The van der Waals surface area contributed by atoms with Crippen LogP contribution >= 0.6 is 0 Å². The SMILES string of the molecule is CCC(C#N)C(=O)N1CCC(C)C1. The van der Waals surface area contributed by atoms with E-state index in [1.165, 1.54) is 0 Å². The normalized spacial score (nSPS) is 24.1. The van der Waals surface area contributed by atoms with Crippen molar-refractivity contribution in [2.24, 2.45) is 11.8 Å². The lowest BCUT2D eigenvalue weighted by molar-refractivity contribution is -0.132. The van der Waals surface area contributed by atoms with Crippen molar-refractivity contribution < 1.29 is 4.79 Å². The monoisotopic (exact) mass is 180 g/mol. The van der Waals surface area contributed by atoms with Gasteiger partial charge in [0, 0.05) is 13.1 Å². The van der Waals surface area contributed by atoms with Crippen LogP contribution < -0.4 is 0 Å². The number of likely N-dealkylation sites (tertiary alicyclic amines) is 1. The van der Waals surface area contributed by atoms with Crippen molar-refractivity contribution in [1.29, 1.82) is 5.26 Å². The first-order chi connectivity index (χ1) is 6.19. The van der Waals surface area contributed by atoms with E-state index in [1.807, 2.05) is 11.8 Å². The summed E-state index contributed by atoms with van der Waals surface area (Å²) in [6.07, 6.45) is 1.70. The predicted octanol–water partition coefficient (Wildman–Crippen LogP) is 1.40. The van der Waals surface area contributed by atoms with E-state index < -0.39 is 5.92 Å². The molecule has 3 nitrogen and oxygen atoms in total. The molecule has 0 aliphatic carbocycles. The maximum atomic E-state index is 11.7. The molecule has 0 aromatic carbocycles. The van der Waals surface area contributed by atoms with Crippen molar-refractivity contribution in [1.82, 2.24) is 4.90 Å². The quantitative estimate of drug-likeness (QED) is 0.644. The Kier molecular flexibility index (Phi) is 3.30. The second-order valence-electron chi connectivity index (χ2n) is 3.77. The van der Waals surface area contributed by atoms with E-state index in [4.69, 9.17) is 5.26 Å². The molecular weight excluding hydrogens is 164 g/mol. The summed E-state index contributed by atoms with van der Waals surface area (Å²) in [5.41, 5.74) is 0. The molecule has 0 bridgehead atoms. The Labute approximate surface area is 79.3 Å². The lowest BCUT2D eigenvalue weighted by atomic mass is 10.1. The van der Waals surface area contributed by atoms with E-state index in [0.717, 1.165) is 19.5 Å². The van der Waals surface area contributed by atoms with Crippen LogP contribution in [0.2, 0.25) is 0 Å². The van der Waals surface area contributed by atoms with Gasteiger partial charge in [-0.05, 0) is 18.8 Å². The molecular formula is C10H16N2O. The average Bonchev–Trinajstić information content (AvgIpc) is 2.54. The van der Waals surface area contributed by atoms with Crippen molar-refractivity contribution >= 4 is 5.91 Å². The molecule has 1 fully saturated rings. The van der Waals surface area contributed by atoms with Gasteiger partial charge < -0.3 is 4.90 Å². The van der Waals surface area contributed by atoms with Crippen LogP contribution in [0.5, 0.6) is 0 Å². The van der Waals surface area contributed by atoms with Gasteiger partial charge in [0.1, 0.15) is 5.92 Å². The van der Waals surface area contributed by atoms with Gasteiger partial charge in [-0.3, -0.25) is 4.79 Å². The minimum absolute atomic E-state index is 0.0225. The van der Waals surface area contributed by atoms with Crippen LogP contribution in [-0.4, -0.2) is 23.9 Å². The predicted molar refractivity (Wildman–Crippen MR) is 49.8 cm³/mol. The van der Waals surface area contributed by atoms with Gasteiger partial charge in [-0.2, -0.15) is 5.26 Å². The van der Waals surface area contributed by atoms with Gasteiger partial charge in [0.2, 0.25) is 5.91 Å². The number of nitriles is 1. The maximum absolute atomic E-state index is 11.7. The van der Waals surface area contributed by atoms with Gasteiger partial charge in [-0.15, -0.1) is 0 Å². The largest absolute Gasteiger partial charge is 0.341 e. The van der Waals surface area contributed by atoms with Gasteiger partial charge in [0.15, 0.2) is 0 Å². The van der Waals surface area contributed by atoms with E-state index in [1.54, 1.807) is 0 Å². The van der Waals surface area contributed by atoms with Crippen LogP contribution in [0.25, 0.3) is 0 Å². The van der Waals surface area contributed by atoms with Crippen LogP contribution in [0, 0.1) is 23.2 Å². The Bertz CT molecular complexity index is 232. The summed E-state index contributed by atoms with van der Waals surface area (Å²) in [5.74, 6) is 0.194. The molecule has 0 aromatic rings. The molecule has 0 radical (unpaired) electrons. The summed E-state index contributed by atoms with van der Waals surface area (Å²) >= 11 is 0. The Morgan fingerprint density at radius 1 is 1.77 bits per heavy atom. The first kappa shape index (κ1) is 10.0. The number of nitrogens with zero attached hydrogens (tertiary/aromatic N) is 2. The van der Waals surface area contributed by atoms with Gasteiger partial charge in [0.05, 0.1) is 6.07 Å². The minimum Gasteiger partial charge on any atom is -0.341 e. The number of hydrogen-bond acceptors (Lipinski definition) is 2. The van der Waals surface area contributed by atoms with Crippen LogP contribution in [0.3, 0.4) is 0 Å². The molecule has 1 amide bonds. The molecule has 0 saturated carbocycles. The molecule has 0 spiro atoms. The number of hydrogen-bond donors (Lipinski definition) is 0. The summed E-state index contributed by atoms with van der Waals surface area (Å²) in [6, 6.07) is 2.05. The Hall–Kier alpha value is -1.04. The van der Waals surface area contributed by atoms with Gasteiger partial charge in [-0.1, -0.05) is 13.8 Å². The number of carbonyl (C=O) groups excluding carboxylic acids is 1. The van der Waals surface area contributed by atoms with Crippen molar-refractivity contribution in [2.75, 3.05) is 13.1 Å². The average molecular weight is 180 g/mol. The molecule has 1 heterocycles. The molecule has 0 N–H and O–H groups in total. The minimum atomic E-state index is -0.426. The van der Waals surface area contributed by atoms with Crippen molar-refractivity contribution in [3.8, 4) is 6.07 Å². The smallest absolute Gasteiger partial charge is 0.239 e. The van der Waals surface area contributed by atoms with E-state index in [2.05, 4.69) is 13.0 Å². The Balaban J connectivity index is 2.53. The maximum Gasteiger partial charge on any atom is 0.239 e. The lowest BCUT2D eigenvalue weighted by Crippen LogP contribution is -2.33. The molecule has 0 aromatic heterocycles. The zero-order valence-electron chi connectivity index (χ0n) is 8.29. The third-order valence-corrected chi connectivity index (χ3v) is 2.60. The van der Waals surface area contributed by atoms with Crippen LogP contribution in [0.1, 0.15) is 26.7 Å². The highest BCUT2D eigenvalue weighted by molar-refractivity contribution is 5.81. The van der Waals surface area contributed by atoms with Crippen molar-refractivity contribution in [3.05, 3.63) is 0 Å². The molecule has 3 heteroatoms. The number of carbonyl (C=O) groups is 1. The fraction of sp³-hybridized carbons (Fsp3) is 0.800. The highest BCUT2D eigenvalue weighted by Crippen LogP contribution is 2.18. The zero-order valence-corrected chi connectivity index (χ0v) is 8.29. The molecule has 1 aliphatic heterocycles. The molecule has 13 heavy (non-hydrogen) atoms. The number of amides is 1. The molecule has 1 rings (SSSR count). The van der Waals surface area contributed by atoms with E-state index in [0.29, 0.717) is 12.3 Å². The highest BCUT2D eigenvalue weighted by Gasteiger charge is 2.27. The molecule has 1 saturated heterocycles. The van der Waals surface area contributed by atoms with Gasteiger partial charge in [0.25, 0.3) is 0 Å². The third-order valence-electron chi connectivity index (χ3n) is 2.60. The summed E-state index contributed by atoms with van der Waals surface area (Å²) in [4.78, 5) is 13.5. The third kappa shape index (κ3) is 2.21. The van der Waals surface area contributed by atoms with E-state index in [9.17, 15) is 4.79 Å². The fourth-order valence-electron chi connectivity index (χ4n) is 1.68. The Morgan fingerprint density at radius 2 is 2.46 bits per heavy atom. The van der Waals surface area contributed by atoms with Crippen LogP contribution in [0.15, 0.2) is 0 Å². The summed E-state index contributed by atoms with van der Waals surface area (Å²) < 4.78 is 0. The van der Waals surface area contributed by atoms with Crippen LogP contribution in [-0.2, 0) is 4.79 Å². The molecule has 1 aliphatic rings. The van der Waals surface area contributed by atoms with Gasteiger partial charge in [-0.25, -0.2) is 0 Å². The summed E-state index contributed by atoms with van der Waals surface area (Å²) in [6.45, 7) is 5.68. The Morgan fingerprint density at radius 3 is 2.85 bits per heavy atom. The van der Waals surface area contributed by atoms with Crippen molar-refractivity contribution in [3.63, 3.8) is 0 Å². The van der Waals surface area contributed by atoms with Crippen molar-refractivity contribution in [2.45, 2.75) is 26.7 Å². The first-order valence-corrected chi connectivity index (χ1v) is 4.87. The van der Waals surface area contributed by atoms with Gasteiger partial charge >= 0.3 is 0 Å². The fourth-order valence-corrected chi connectivity index (χ4v) is 1.68. The van der Waals surface area contributed by atoms with Crippen LogP contribution in [0.4, 0.5) is 0 Å². The summed E-state index contributed by atoms with van der Waals surface area (Å²) in [7, 11) is 0.